The van der Waals surface area contributed by atoms with Gasteiger partial charge in [-0.25, -0.2) is 5.73 Å². The van der Waals surface area contributed by atoms with E-state index in [4.69, 9.17) is 5.73 Å². The Morgan fingerprint density at radius 3 is 2.92 bits per heavy atom. The summed E-state index contributed by atoms with van der Waals surface area (Å²) in [6.07, 6.45) is 3.03. The van der Waals surface area contributed by atoms with Crippen LogP contribution < -0.4 is 5.73 Å². The van der Waals surface area contributed by atoms with Crippen molar-refractivity contribution in [3.8, 4) is 0 Å². The first-order valence-electron chi connectivity index (χ1n) is 4.60. The molecule has 12 heavy (non-hydrogen) atoms. The largest absolute Gasteiger partial charge is 0.246 e. The zero-order valence-corrected chi connectivity index (χ0v) is 7.43. The van der Waals surface area contributed by atoms with Crippen LogP contribution in [0.15, 0.2) is 24.3 Å². The van der Waals surface area contributed by atoms with Gasteiger partial charge in [0.1, 0.15) is 0 Å². The molecule has 1 heteroatoms. The molecule has 1 aliphatic carbocycles. The Bertz CT molecular complexity index is 293. The fraction of sp³-hybridized carbons (Fsp3) is 0.455. The van der Waals surface area contributed by atoms with Crippen LogP contribution in [-0.2, 0) is 12.0 Å². The van der Waals surface area contributed by atoms with Gasteiger partial charge in [0.15, 0.2) is 0 Å². The lowest BCUT2D eigenvalue weighted by molar-refractivity contribution is 0.409. The molecular formula is C11H14N. The summed E-state index contributed by atoms with van der Waals surface area (Å²) in [7, 11) is 0. The van der Waals surface area contributed by atoms with Crippen molar-refractivity contribution < 1.29 is 0 Å². The van der Waals surface area contributed by atoms with Crippen LogP contribution in [0.4, 0.5) is 0 Å². The van der Waals surface area contributed by atoms with Gasteiger partial charge < -0.3 is 0 Å². The summed E-state index contributed by atoms with van der Waals surface area (Å²) in [4.78, 5) is 0. The van der Waals surface area contributed by atoms with E-state index in [1.165, 1.54) is 11.1 Å². The van der Waals surface area contributed by atoms with Crippen LogP contribution in [0.2, 0.25) is 0 Å². The van der Waals surface area contributed by atoms with Crippen LogP contribution in [0.25, 0.3) is 0 Å². The molecule has 2 rings (SSSR count). The maximum Gasteiger partial charge on any atom is 0.0575 e. The second-order valence-electron chi connectivity index (χ2n) is 3.59. The van der Waals surface area contributed by atoms with Gasteiger partial charge in [-0.05, 0) is 30.4 Å². The Morgan fingerprint density at radius 1 is 1.42 bits per heavy atom. The summed E-state index contributed by atoms with van der Waals surface area (Å²) >= 11 is 0. The molecule has 1 aliphatic rings. The van der Waals surface area contributed by atoms with Crippen LogP contribution in [-0.4, -0.2) is 0 Å². The minimum Gasteiger partial charge on any atom is -0.246 e. The molecular weight excluding hydrogens is 146 g/mol. The first kappa shape index (κ1) is 7.81. The van der Waals surface area contributed by atoms with Crippen molar-refractivity contribution in [3.63, 3.8) is 0 Å². The Hall–Kier alpha value is -0.820. The molecule has 0 heterocycles. The smallest absolute Gasteiger partial charge is 0.0575 e. The van der Waals surface area contributed by atoms with Gasteiger partial charge in [-0.1, -0.05) is 31.2 Å². The lowest BCUT2D eigenvalue weighted by Gasteiger charge is -2.21. The Morgan fingerprint density at radius 2 is 2.17 bits per heavy atom. The third-order valence-electron chi connectivity index (χ3n) is 2.96. The predicted molar refractivity (Wildman–Crippen MR) is 49.8 cm³/mol. The third kappa shape index (κ3) is 0.969. The zero-order valence-electron chi connectivity index (χ0n) is 7.43. The first-order chi connectivity index (χ1) is 5.76. The number of aryl methyl sites for hydroxylation is 1. The van der Waals surface area contributed by atoms with E-state index in [2.05, 4.69) is 25.1 Å². The van der Waals surface area contributed by atoms with Crippen molar-refractivity contribution in [2.75, 3.05) is 0 Å². The van der Waals surface area contributed by atoms with Crippen molar-refractivity contribution in [2.45, 2.75) is 31.7 Å². The molecule has 0 fully saturated rings. The van der Waals surface area contributed by atoms with Gasteiger partial charge in [-0.2, -0.15) is 0 Å². The Balaban J connectivity index is 2.49. The van der Waals surface area contributed by atoms with E-state index in [0.717, 1.165) is 19.3 Å². The first-order valence-corrected chi connectivity index (χ1v) is 4.60. The number of nitrogens with one attached hydrogen (secondary N) is 1. The SMILES string of the molecule is CCC1([NH])CCc2ccccc21. The van der Waals surface area contributed by atoms with Crippen molar-refractivity contribution in [2.24, 2.45) is 0 Å². The monoisotopic (exact) mass is 160 g/mol. The molecule has 1 N–H and O–H groups in total. The summed E-state index contributed by atoms with van der Waals surface area (Å²) in [5.74, 6) is 0. The van der Waals surface area contributed by atoms with Crippen LogP contribution in [0.3, 0.4) is 0 Å². The third-order valence-corrected chi connectivity index (χ3v) is 2.96. The van der Waals surface area contributed by atoms with E-state index in [0.29, 0.717) is 0 Å². The van der Waals surface area contributed by atoms with Crippen molar-refractivity contribution >= 4 is 0 Å². The number of hydrogen-bond donors (Lipinski definition) is 0. The minimum absolute atomic E-state index is 0.281. The average molecular weight is 160 g/mol. The topological polar surface area (TPSA) is 23.8 Å². The van der Waals surface area contributed by atoms with E-state index < -0.39 is 0 Å². The van der Waals surface area contributed by atoms with Crippen LogP contribution in [0, 0.1) is 0 Å². The van der Waals surface area contributed by atoms with E-state index in [9.17, 15) is 0 Å². The van der Waals surface area contributed by atoms with E-state index in [-0.39, 0.29) is 5.54 Å². The highest BCUT2D eigenvalue weighted by molar-refractivity contribution is 5.37. The fourth-order valence-electron chi connectivity index (χ4n) is 2.06. The van der Waals surface area contributed by atoms with E-state index in [1.807, 2.05) is 6.07 Å². The lowest BCUT2D eigenvalue weighted by Crippen LogP contribution is -2.22. The van der Waals surface area contributed by atoms with Crippen molar-refractivity contribution in [3.05, 3.63) is 35.4 Å². The van der Waals surface area contributed by atoms with Gasteiger partial charge in [-0.3, -0.25) is 0 Å². The minimum atomic E-state index is -0.281. The number of hydrogen-bond acceptors (Lipinski definition) is 0. The normalized spacial score (nSPS) is 27.2. The molecule has 63 valence electrons. The molecule has 1 aromatic carbocycles. The Kier molecular flexibility index (Phi) is 1.69. The molecule has 0 bridgehead atoms. The fourth-order valence-corrected chi connectivity index (χ4v) is 2.06. The standard InChI is InChI=1S/C11H14N/c1-2-11(12)8-7-9-5-3-4-6-10(9)11/h3-6,12H,2,7-8H2,1H3. The average Bonchev–Trinajstić information content (AvgIpc) is 2.46. The van der Waals surface area contributed by atoms with Gasteiger partial charge in [0.25, 0.3) is 0 Å². The van der Waals surface area contributed by atoms with Gasteiger partial charge >= 0.3 is 0 Å². The van der Waals surface area contributed by atoms with Gasteiger partial charge in [0, 0.05) is 0 Å². The number of fused-ring (bicyclic) bond motifs is 1. The van der Waals surface area contributed by atoms with Gasteiger partial charge in [0.2, 0.25) is 0 Å². The maximum absolute atomic E-state index is 8.21. The molecule has 1 unspecified atom stereocenters. The summed E-state index contributed by atoms with van der Waals surface area (Å²) in [5, 5.41) is 0. The molecule has 1 aromatic rings. The molecule has 0 spiro atoms. The van der Waals surface area contributed by atoms with E-state index >= 15 is 0 Å². The lowest BCUT2D eigenvalue weighted by atomic mass is 9.90. The highest BCUT2D eigenvalue weighted by Gasteiger charge is 2.33. The highest BCUT2D eigenvalue weighted by Crippen LogP contribution is 2.37. The van der Waals surface area contributed by atoms with E-state index in [1.54, 1.807) is 0 Å². The molecule has 0 amide bonds. The Labute approximate surface area is 73.6 Å². The highest BCUT2D eigenvalue weighted by atomic mass is 14.8. The van der Waals surface area contributed by atoms with Crippen LogP contribution in [0.1, 0.15) is 30.9 Å². The zero-order chi connectivity index (χ0) is 8.60. The van der Waals surface area contributed by atoms with Gasteiger partial charge in [0.05, 0.1) is 5.54 Å². The number of benzene rings is 1. The molecule has 0 aromatic heterocycles. The van der Waals surface area contributed by atoms with Gasteiger partial charge in [-0.15, -0.1) is 0 Å². The summed E-state index contributed by atoms with van der Waals surface area (Å²) < 4.78 is 0. The molecule has 1 atom stereocenters. The van der Waals surface area contributed by atoms with Crippen LogP contribution in [0.5, 0.6) is 0 Å². The molecule has 1 radical (unpaired) electrons. The van der Waals surface area contributed by atoms with Crippen molar-refractivity contribution in [1.82, 2.24) is 5.73 Å². The second kappa shape index (κ2) is 2.60. The molecule has 0 saturated carbocycles. The van der Waals surface area contributed by atoms with Crippen molar-refractivity contribution in [1.29, 1.82) is 0 Å². The summed E-state index contributed by atoms with van der Waals surface area (Å²) in [6.45, 7) is 2.11. The number of rotatable bonds is 1. The predicted octanol–water partition coefficient (Wildman–Crippen LogP) is 2.52. The molecule has 1 nitrogen and oxygen atoms in total. The summed E-state index contributed by atoms with van der Waals surface area (Å²) in [5.41, 5.74) is 10.6. The second-order valence-corrected chi connectivity index (χ2v) is 3.59. The molecule has 0 saturated heterocycles. The molecule has 0 aliphatic heterocycles. The quantitative estimate of drug-likeness (QED) is 0.603. The maximum atomic E-state index is 8.21. The van der Waals surface area contributed by atoms with Crippen LogP contribution >= 0.6 is 0 Å². The summed E-state index contributed by atoms with van der Waals surface area (Å²) in [6, 6.07) is 8.38.